The van der Waals surface area contributed by atoms with Crippen molar-refractivity contribution in [2.75, 3.05) is 10.8 Å². The molecule has 3 fully saturated rings. The zero-order valence-electron chi connectivity index (χ0n) is 17.0. The van der Waals surface area contributed by atoms with Crippen LogP contribution in [0.15, 0.2) is 30.3 Å². The summed E-state index contributed by atoms with van der Waals surface area (Å²) in [4.78, 5) is 38.8. The van der Waals surface area contributed by atoms with Gasteiger partial charge in [0.1, 0.15) is 0 Å². The van der Waals surface area contributed by atoms with E-state index in [0.29, 0.717) is 11.7 Å². The lowest BCUT2D eigenvalue weighted by Crippen LogP contribution is -2.50. The number of carbonyl (C=O) groups is 3. The van der Waals surface area contributed by atoms with Gasteiger partial charge >= 0.3 is 0 Å². The molecular formula is C22H28N2O3S. The van der Waals surface area contributed by atoms with Gasteiger partial charge in [-0.1, -0.05) is 50.7 Å². The van der Waals surface area contributed by atoms with Crippen LogP contribution in [-0.4, -0.2) is 33.7 Å². The first-order chi connectivity index (χ1) is 13.2. The monoisotopic (exact) mass is 400 g/mol. The van der Waals surface area contributed by atoms with Gasteiger partial charge in [-0.15, -0.1) is 0 Å². The Balaban J connectivity index is 1.75. The third-order valence-electron chi connectivity index (χ3n) is 7.40. The number of benzene rings is 1. The fourth-order valence-corrected chi connectivity index (χ4v) is 6.42. The number of rotatable bonds is 4. The molecule has 0 aromatic heterocycles. The number of hydrogen-bond donors (Lipinski definition) is 0. The highest BCUT2D eigenvalue weighted by atomic mass is 32.2. The minimum atomic E-state index is -0.503. The number of carbonyl (C=O) groups excluding carboxylic acids is 3. The third-order valence-corrected chi connectivity index (χ3v) is 8.48. The summed E-state index contributed by atoms with van der Waals surface area (Å²) >= 11 is 1.17. The molecule has 1 saturated heterocycles. The Kier molecular flexibility index (Phi) is 4.60. The predicted octanol–water partition coefficient (Wildman–Crippen LogP) is 3.89. The molecule has 2 aliphatic carbocycles. The van der Waals surface area contributed by atoms with Crippen molar-refractivity contribution in [1.29, 1.82) is 0 Å². The van der Waals surface area contributed by atoms with Crippen LogP contribution >= 0.6 is 11.8 Å². The number of anilines is 1. The number of hydrazine groups is 1. The van der Waals surface area contributed by atoms with E-state index in [1.807, 2.05) is 37.3 Å². The highest BCUT2D eigenvalue weighted by Crippen LogP contribution is 2.70. The minimum Gasteiger partial charge on any atom is -0.288 e. The Bertz CT molecular complexity index is 824. The molecule has 1 aromatic carbocycles. The lowest BCUT2D eigenvalue weighted by molar-refractivity contribution is -0.137. The van der Waals surface area contributed by atoms with Crippen LogP contribution in [0.4, 0.5) is 5.69 Å². The highest BCUT2D eigenvalue weighted by Gasteiger charge is 2.75. The Morgan fingerprint density at radius 3 is 2.54 bits per heavy atom. The molecular weight excluding hydrogens is 372 g/mol. The van der Waals surface area contributed by atoms with E-state index >= 15 is 0 Å². The van der Waals surface area contributed by atoms with E-state index < -0.39 is 5.41 Å². The number of amides is 2. The third kappa shape index (κ3) is 2.49. The molecule has 1 heterocycles. The van der Waals surface area contributed by atoms with Crippen LogP contribution in [0.3, 0.4) is 0 Å². The van der Waals surface area contributed by atoms with Gasteiger partial charge in [0.15, 0.2) is 5.12 Å². The van der Waals surface area contributed by atoms with Gasteiger partial charge in [0, 0.05) is 18.6 Å². The molecule has 0 unspecified atom stereocenters. The molecule has 6 heteroatoms. The lowest BCUT2D eigenvalue weighted by atomic mass is 9.67. The maximum absolute atomic E-state index is 13.9. The average molecular weight is 401 g/mol. The van der Waals surface area contributed by atoms with Crippen molar-refractivity contribution >= 4 is 34.4 Å². The number of hydrogen-bond acceptors (Lipinski definition) is 4. The standard InChI is InChI=1S/C22H28N2O3S/c1-14(13-28-15(2)25)19(26)24-18-12-16-10-11-22(18,21(16,3)4)20(27)23(24)17-8-6-5-7-9-17/h5-9,14,16,18H,10-13H2,1-4H3/t14-,16+,18+,22-/m0/s1. The molecule has 1 aliphatic heterocycles. The first kappa shape index (κ1) is 19.5. The Hall–Kier alpha value is -1.82. The first-order valence-corrected chi connectivity index (χ1v) is 11.1. The van der Waals surface area contributed by atoms with E-state index in [1.54, 1.807) is 10.0 Å². The molecule has 3 aliphatic rings. The normalized spacial score (nSPS) is 31.2. The number of thioether (sulfide) groups is 1. The topological polar surface area (TPSA) is 57.7 Å². The summed E-state index contributed by atoms with van der Waals surface area (Å²) in [5.74, 6) is 0.583. The van der Waals surface area contributed by atoms with Gasteiger partial charge in [-0.05, 0) is 42.7 Å². The zero-order chi connectivity index (χ0) is 20.3. The number of para-hydroxylation sites is 1. The van der Waals surface area contributed by atoms with E-state index in [9.17, 15) is 14.4 Å². The van der Waals surface area contributed by atoms with Crippen LogP contribution in [0.1, 0.15) is 47.0 Å². The Morgan fingerprint density at radius 1 is 1.25 bits per heavy atom. The predicted molar refractivity (Wildman–Crippen MR) is 110 cm³/mol. The van der Waals surface area contributed by atoms with E-state index in [2.05, 4.69) is 13.8 Å². The maximum Gasteiger partial charge on any atom is 0.254 e. The molecule has 5 nitrogen and oxygen atoms in total. The zero-order valence-corrected chi connectivity index (χ0v) is 17.8. The van der Waals surface area contributed by atoms with Crippen LogP contribution in [0, 0.1) is 22.7 Å². The largest absolute Gasteiger partial charge is 0.288 e. The smallest absolute Gasteiger partial charge is 0.254 e. The van der Waals surface area contributed by atoms with Crippen molar-refractivity contribution < 1.29 is 14.4 Å². The van der Waals surface area contributed by atoms with Gasteiger partial charge in [-0.3, -0.25) is 14.4 Å². The fourth-order valence-electron chi connectivity index (χ4n) is 5.79. The van der Waals surface area contributed by atoms with Gasteiger partial charge in [0.05, 0.1) is 17.1 Å². The fraction of sp³-hybridized carbons (Fsp3) is 0.591. The molecule has 2 bridgehead atoms. The van der Waals surface area contributed by atoms with E-state index in [4.69, 9.17) is 0 Å². The SMILES string of the molecule is CC(=O)SC[C@H](C)C(=O)N1[C@@H]2C[C@H]3CC[C@]2(C(=O)N1c1ccccc1)C3(C)C. The summed E-state index contributed by atoms with van der Waals surface area (Å²) in [7, 11) is 0. The van der Waals surface area contributed by atoms with E-state index in [0.717, 1.165) is 24.9 Å². The van der Waals surface area contributed by atoms with Gasteiger partial charge in [0.25, 0.3) is 5.91 Å². The van der Waals surface area contributed by atoms with Crippen molar-refractivity contribution in [3.63, 3.8) is 0 Å². The summed E-state index contributed by atoms with van der Waals surface area (Å²) in [5, 5.41) is 3.41. The lowest BCUT2D eigenvalue weighted by Gasteiger charge is -2.35. The molecule has 0 N–H and O–H groups in total. The molecule has 150 valence electrons. The van der Waals surface area contributed by atoms with Crippen LogP contribution in [0.2, 0.25) is 0 Å². The van der Waals surface area contributed by atoms with Crippen LogP contribution in [0.5, 0.6) is 0 Å². The number of fused-ring (bicyclic) bond motifs is 1. The van der Waals surface area contributed by atoms with E-state index in [-0.39, 0.29) is 34.3 Å². The minimum absolute atomic E-state index is 0.00888. The summed E-state index contributed by atoms with van der Waals surface area (Å²) in [6, 6.07) is 9.40. The van der Waals surface area contributed by atoms with E-state index in [1.165, 1.54) is 18.7 Å². The molecule has 1 spiro atoms. The molecule has 0 radical (unpaired) electrons. The Morgan fingerprint density at radius 2 is 1.93 bits per heavy atom. The second-order valence-electron chi connectivity index (χ2n) is 9.02. The maximum atomic E-state index is 13.9. The summed E-state index contributed by atoms with van der Waals surface area (Å²) in [6.07, 6.45) is 2.77. The average Bonchev–Trinajstić information content (AvgIpc) is 3.19. The van der Waals surface area contributed by atoms with Crippen LogP contribution in [0.25, 0.3) is 0 Å². The van der Waals surface area contributed by atoms with Crippen molar-refractivity contribution in [3.05, 3.63) is 30.3 Å². The summed E-state index contributed by atoms with van der Waals surface area (Å²) in [6.45, 7) is 7.78. The summed E-state index contributed by atoms with van der Waals surface area (Å²) in [5.41, 5.74) is 0.125. The molecule has 28 heavy (non-hydrogen) atoms. The molecule has 1 aromatic rings. The van der Waals surface area contributed by atoms with Crippen LogP contribution < -0.4 is 5.01 Å². The van der Waals surface area contributed by atoms with Crippen molar-refractivity contribution in [3.8, 4) is 0 Å². The molecule has 4 rings (SSSR count). The highest BCUT2D eigenvalue weighted by molar-refractivity contribution is 8.13. The second-order valence-corrected chi connectivity index (χ2v) is 10.2. The van der Waals surface area contributed by atoms with Gasteiger partial charge in [0.2, 0.25) is 5.91 Å². The van der Waals surface area contributed by atoms with Gasteiger partial charge in [-0.25, -0.2) is 10.0 Å². The van der Waals surface area contributed by atoms with Crippen molar-refractivity contribution in [1.82, 2.24) is 5.01 Å². The first-order valence-electron chi connectivity index (χ1n) is 10.1. The van der Waals surface area contributed by atoms with Gasteiger partial charge < -0.3 is 0 Å². The molecule has 2 amide bonds. The molecule has 2 saturated carbocycles. The number of nitrogens with zero attached hydrogens (tertiary/aromatic N) is 2. The summed E-state index contributed by atoms with van der Waals surface area (Å²) < 4.78 is 0. The Labute approximate surface area is 170 Å². The van der Waals surface area contributed by atoms with Crippen molar-refractivity contribution in [2.45, 2.75) is 53.0 Å². The molecule has 4 atom stereocenters. The quantitative estimate of drug-likeness (QED) is 0.769. The van der Waals surface area contributed by atoms with Crippen molar-refractivity contribution in [2.24, 2.45) is 22.7 Å². The van der Waals surface area contributed by atoms with Crippen LogP contribution in [-0.2, 0) is 14.4 Å². The second kappa shape index (κ2) is 6.61. The van der Waals surface area contributed by atoms with Gasteiger partial charge in [-0.2, -0.15) is 0 Å².